The molecular formula is C18H20N6O4. The summed E-state index contributed by atoms with van der Waals surface area (Å²) < 4.78 is 11.9. The number of rotatable bonds is 4. The van der Waals surface area contributed by atoms with Crippen LogP contribution in [0.1, 0.15) is 17.2 Å². The Labute approximate surface area is 160 Å². The molecule has 146 valence electrons. The van der Waals surface area contributed by atoms with Gasteiger partial charge in [-0.3, -0.25) is 0 Å². The van der Waals surface area contributed by atoms with Crippen LogP contribution in [0.15, 0.2) is 52.6 Å². The Hall–Kier alpha value is -4.08. The first kappa shape index (κ1) is 18.7. The van der Waals surface area contributed by atoms with Crippen LogP contribution in [0.25, 0.3) is 6.08 Å². The Bertz CT molecular complexity index is 965. The topological polar surface area (TPSA) is 188 Å². The fourth-order valence-electron chi connectivity index (χ4n) is 2.61. The Balaban J connectivity index is 1.95. The van der Waals surface area contributed by atoms with E-state index in [1.165, 1.54) is 18.3 Å². The van der Waals surface area contributed by atoms with E-state index in [-0.39, 0.29) is 23.4 Å². The van der Waals surface area contributed by atoms with Crippen molar-refractivity contribution in [3.8, 4) is 23.0 Å². The lowest BCUT2D eigenvalue weighted by atomic mass is 10.1. The Morgan fingerprint density at radius 1 is 0.893 bits per heavy atom. The van der Waals surface area contributed by atoms with Crippen molar-refractivity contribution in [3.05, 3.63) is 53.7 Å². The molecule has 1 aliphatic heterocycles. The summed E-state index contributed by atoms with van der Waals surface area (Å²) in [5, 5.41) is 19.3. The van der Waals surface area contributed by atoms with Crippen LogP contribution in [-0.2, 0) is 0 Å². The summed E-state index contributed by atoms with van der Waals surface area (Å²) >= 11 is 0. The number of phenolic OH excluding ortho intramolecular Hbond substituents is 2. The third-order valence-corrected chi connectivity index (χ3v) is 3.82. The highest BCUT2D eigenvalue weighted by molar-refractivity contribution is 5.77. The Morgan fingerprint density at radius 3 is 2.36 bits per heavy atom. The predicted molar refractivity (Wildman–Crippen MR) is 105 cm³/mol. The maximum Gasteiger partial charge on any atom is 0.234 e. The smallest absolute Gasteiger partial charge is 0.234 e. The summed E-state index contributed by atoms with van der Waals surface area (Å²) in [7, 11) is 0. The largest absolute Gasteiger partial charge is 0.504 e. The Morgan fingerprint density at radius 2 is 1.68 bits per heavy atom. The molecule has 0 fully saturated rings. The molecule has 3 rings (SSSR count). The average Bonchev–Trinajstić information content (AvgIpc) is 2.62. The molecule has 2 atom stereocenters. The number of benzene rings is 2. The summed E-state index contributed by atoms with van der Waals surface area (Å²) in [5.74, 6) is 0.0854. The second-order valence-corrected chi connectivity index (χ2v) is 5.92. The normalized spacial score (nSPS) is 17.9. The molecule has 0 amide bonds. The van der Waals surface area contributed by atoms with Crippen LogP contribution >= 0.6 is 0 Å². The molecule has 28 heavy (non-hydrogen) atoms. The molecule has 0 aliphatic carbocycles. The van der Waals surface area contributed by atoms with E-state index < -0.39 is 12.3 Å². The van der Waals surface area contributed by atoms with E-state index in [0.717, 1.165) is 5.56 Å². The van der Waals surface area contributed by atoms with E-state index in [0.29, 0.717) is 17.1 Å². The lowest BCUT2D eigenvalue weighted by molar-refractivity contribution is 0.0248. The third kappa shape index (κ3) is 4.18. The number of ether oxygens (including phenoxy) is 2. The zero-order chi connectivity index (χ0) is 20.3. The maximum atomic E-state index is 9.78. The molecule has 2 aromatic rings. The highest BCUT2D eigenvalue weighted by atomic mass is 16.6. The van der Waals surface area contributed by atoms with Crippen LogP contribution < -0.4 is 32.4 Å². The first-order chi connectivity index (χ1) is 13.3. The molecule has 10 nitrogen and oxygen atoms in total. The van der Waals surface area contributed by atoms with E-state index in [2.05, 4.69) is 9.98 Å². The summed E-state index contributed by atoms with van der Waals surface area (Å²) in [6.07, 6.45) is 1.49. The van der Waals surface area contributed by atoms with Gasteiger partial charge in [0, 0.05) is 11.8 Å². The quantitative estimate of drug-likeness (QED) is 0.249. The van der Waals surface area contributed by atoms with E-state index in [9.17, 15) is 10.2 Å². The van der Waals surface area contributed by atoms with Crippen LogP contribution in [0.3, 0.4) is 0 Å². The molecule has 1 heterocycles. The highest BCUT2D eigenvalue weighted by Crippen LogP contribution is 2.42. The zero-order valence-corrected chi connectivity index (χ0v) is 14.7. The number of guanidine groups is 2. The van der Waals surface area contributed by atoms with Crippen molar-refractivity contribution in [2.24, 2.45) is 32.9 Å². The first-order valence-corrected chi connectivity index (χ1v) is 8.17. The molecule has 10 N–H and O–H groups in total. The first-order valence-electron chi connectivity index (χ1n) is 8.17. The maximum absolute atomic E-state index is 9.78. The highest BCUT2D eigenvalue weighted by Gasteiger charge is 2.33. The van der Waals surface area contributed by atoms with Gasteiger partial charge in [-0.1, -0.05) is 12.1 Å². The summed E-state index contributed by atoms with van der Waals surface area (Å²) in [6.45, 7) is 0. The van der Waals surface area contributed by atoms with Gasteiger partial charge in [0.05, 0.1) is 0 Å². The molecule has 1 aliphatic rings. The summed E-state index contributed by atoms with van der Waals surface area (Å²) in [4.78, 5) is 7.84. The molecule has 0 saturated carbocycles. The fourth-order valence-corrected chi connectivity index (χ4v) is 2.61. The van der Waals surface area contributed by atoms with Crippen LogP contribution in [0.5, 0.6) is 23.0 Å². The van der Waals surface area contributed by atoms with Crippen molar-refractivity contribution in [1.29, 1.82) is 0 Å². The van der Waals surface area contributed by atoms with Crippen LogP contribution in [-0.4, -0.2) is 28.4 Å². The second kappa shape index (κ2) is 7.66. The number of hydrogen-bond donors (Lipinski definition) is 6. The van der Waals surface area contributed by atoms with Gasteiger partial charge < -0.3 is 42.6 Å². The van der Waals surface area contributed by atoms with Gasteiger partial charge >= 0.3 is 0 Å². The van der Waals surface area contributed by atoms with Crippen LogP contribution in [0.4, 0.5) is 0 Å². The molecule has 0 spiro atoms. The number of phenols is 2. The molecule has 0 saturated heterocycles. The van der Waals surface area contributed by atoms with Crippen molar-refractivity contribution in [3.63, 3.8) is 0 Å². The van der Waals surface area contributed by atoms with Gasteiger partial charge in [-0.2, -0.15) is 0 Å². The van der Waals surface area contributed by atoms with Gasteiger partial charge in [-0.15, -0.1) is 0 Å². The van der Waals surface area contributed by atoms with E-state index >= 15 is 0 Å². The van der Waals surface area contributed by atoms with Gasteiger partial charge in [0.1, 0.15) is 0 Å². The van der Waals surface area contributed by atoms with Crippen LogP contribution in [0.2, 0.25) is 0 Å². The predicted octanol–water partition coefficient (Wildman–Crippen LogP) is 0.454. The van der Waals surface area contributed by atoms with E-state index in [1.807, 2.05) is 0 Å². The SMILES string of the molecule is NC(N)=NC=Cc1ccc2c(c1)OC(N=C(N)N)C(c1ccc(O)c(O)c1)O2. The minimum Gasteiger partial charge on any atom is -0.504 e. The molecule has 2 aromatic carbocycles. The van der Waals surface area contributed by atoms with E-state index in [4.69, 9.17) is 32.4 Å². The van der Waals surface area contributed by atoms with E-state index in [1.54, 1.807) is 30.3 Å². The minimum atomic E-state index is -0.904. The molecule has 0 aromatic heterocycles. The number of fused-ring (bicyclic) bond motifs is 1. The average molecular weight is 384 g/mol. The summed E-state index contributed by atoms with van der Waals surface area (Å²) in [6, 6.07) is 9.49. The zero-order valence-electron chi connectivity index (χ0n) is 14.7. The molecule has 0 bridgehead atoms. The monoisotopic (exact) mass is 384 g/mol. The number of aliphatic imine (C=N–C) groups is 2. The lowest BCUT2D eigenvalue weighted by Gasteiger charge is -2.32. The molecular weight excluding hydrogens is 364 g/mol. The van der Waals surface area contributed by atoms with Gasteiger partial charge in [-0.25, -0.2) is 9.98 Å². The molecule has 0 radical (unpaired) electrons. The van der Waals surface area contributed by atoms with Gasteiger partial charge in [0.25, 0.3) is 0 Å². The fraction of sp³-hybridized carbons (Fsp3) is 0.111. The van der Waals surface area contributed by atoms with Gasteiger partial charge in [-0.05, 0) is 35.9 Å². The Kier molecular flexibility index (Phi) is 5.12. The number of hydrogen-bond acceptors (Lipinski definition) is 6. The number of nitrogens with zero attached hydrogens (tertiary/aromatic N) is 2. The number of nitrogens with two attached hydrogens (primary N) is 4. The standard InChI is InChI=1S/C18H20N6O4/c19-17(20)23-6-5-9-1-4-13-14(7-9)28-16(24-18(21)22)15(27-13)10-2-3-11(25)12(26)8-10/h1-8,15-16,25-26H,(H4,19,20,23)(H4,21,22,24). The van der Waals surface area contributed by atoms with Crippen molar-refractivity contribution in [1.82, 2.24) is 0 Å². The van der Waals surface area contributed by atoms with Gasteiger partial charge in [0.15, 0.2) is 41.0 Å². The van der Waals surface area contributed by atoms with Crippen molar-refractivity contribution >= 4 is 18.0 Å². The summed E-state index contributed by atoms with van der Waals surface area (Å²) in [5.41, 5.74) is 22.9. The van der Waals surface area contributed by atoms with Crippen LogP contribution in [0, 0.1) is 0 Å². The molecule has 10 heteroatoms. The van der Waals surface area contributed by atoms with Gasteiger partial charge in [0.2, 0.25) is 6.23 Å². The number of aromatic hydroxyl groups is 2. The minimum absolute atomic E-state index is 0.0541. The van der Waals surface area contributed by atoms with Crippen molar-refractivity contribution < 1.29 is 19.7 Å². The van der Waals surface area contributed by atoms with Crippen molar-refractivity contribution in [2.75, 3.05) is 0 Å². The molecule has 2 unspecified atom stereocenters. The van der Waals surface area contributed by atoms with Crippen molar-refractivity contribution in [2.45, 2.75) is 12.3 Å². The lowest BCUT2D eigenvalue weighted by Crippen LogP contribution is -2.35. The second-order valence-electron chi connectivity index (χ2n) is 5.92. The third-order valence-electron chi connectivity index (χ3n) is 3.82.